The summed E-state index contributed by atoms with van der Waals surface area (Å²) in [6, 6.07) is 6.87. The van der Waals surface area contributed by atoms with E-state index in [9.17, 15) is 9.59 Å². The van der Waals surface area contributed by atoms with Gasteiger partial charge in [0.1, 0.15) is 0 Å². The predicted octanol–water partition coefficient (Wildman–Crippen LogP) is 2.24. The molecule has 1 aromatic heterocycles. The zero-order valence-corrected chi connectivity index (χ0v) is 14.1. The molecule has 0 aliphatic heterocycles. The predicted molar refractivity (Wildman–Crippen MR) is 88.6 cm³/mol. The molecule has 7 heteroatoms. The average molecular weight is 342 g/mol. The van der Waals surface area contributed by atoms with E-state index in [1.54, 1.807) is 19.2 Å². The summed E-state index contributed by atoms with van der Waals surface area (Å²) >= 11 is 11.9. The lowest BCUT2D eigenvalue weighted by atomic mass is 10.1. The van der Waals surface area contributed by atoms with E-state index in [1.807, 2.05) is 13.0 Å². The Hall–Kier alpha value is -1.56. The zero-order chi connectivity index (χ0) is 16.4. The van der Waals surface area contributed by atoms with Crippen LogP contribution in [0.4, 0.5) is 0 Å². The minimum atomic E-state index is -0.341. The van der Waals surface area contributed by atoms with Crippen molar-refractivity contribution in [3.63, 3.8) is 0 Å². The molecule has 1 N–H and O–H groups in total. The van der Waals surface area contributed by atoms with Crippen LogP contribution in [0.5, 0.6) is 0 Å². The molecule has 1 heterocycles. The molecule has 0 saturated heterocycles. The average Bonchev–Trinajstić information content (AvgIpc) is 2.49. The molecule has 0 bridgehead atoms. The van der Waals surface area contributed by atoms with Gasteiger partial charge in [0.25, 0.3) is 5.56 Å². The fourth-order valence-corrected chi connectivity index (χ4v) is 2.41. The maximum atomic E-state index is 11.9. The molecule has 5 nitrogen and oxygen atoms in total. The van der Waals surface area contributed by atoms with Crippen molar-refractivity contribution in [2.24, 2.45) is 14.1 Å². The molecular weight excluding hydrogens is 325 g/mol. The van der Waals surface area contributed by atoms with Crippen LogP contribution in [0.15, 0.2) is 33.9 Å². The number of aromatic nitrogens is 2. The van der Waals surface area contributed by atoms with Crippen LogP contribution in [0.1, 0.15) is 24.2 Å². The fraction of sp³-hybridized carbons (Fsp3) is 0.333. The first kappa shape index (κ1) is 16.8. The van der Waals surface area contributed by atoms with E-state index in [-0.39, 0.29) is 17.3 Å². The van der Waals surface area contributed by atoms with Crippen LogP contribution < -0.4 is 16.6 Å². The van der Waals surface area contributed by atoms with Crippen molar-refractivity contribution < 1.29 is 0 Å². The number of hydrogen-bond donors (Lipinski definition) is 1. The molecule has 0 saturated carbocycles. The van der Waals surface area contributed by atoms with Gasteiger partial charge in [0.15, 0.2) is 0 Å². The highest BCUT2D eigenvalue weighted by Crippen LogP contribution is 2.25. The van der Waals surface area contributed by atoms with Crippen molar-refractivity contribution in [2.45, 2.75) is 19.5 Å². The first-order valence-electron chi connectivity index (χ1n) is 6.75. The van der Waals surface area contributed by atoms with Crippen LogP contribution in [-0.2, 0) is 20.6 Å². The van der Waals surface area contributed by atoms with Gasteiger partial charge in [-0.1, -0.05) is 29.3 Å². The van der Waals surface area contributed by atoms with Gasteiger partial charge < -0.3 is 5.32 Å². The van der Waals surface area contributed by atoms with Crippen molar-refractivity contribution in [1.29, 1.82) is 0 Å². The number of benzene rings is 1. The summed E-state index contributed by atoms with van der Waals surface area (Å²) in [7, 11) is 3.10. The van der Waals surface area contributed by atoms with E-state index in [0.29, 0.717) is 22.3 Å². The molecule has 0 radical (unpaired) electrons. The molecule has 118 valence electrons. The van der Waals surface area contributed by atoms with Crippen molar-refractivity contribution in [3.8, 4) is 0 Å². The Morgan fingerprint density at radius 2 is 1.77 bits per heavy atom. The first-order chi connectivity index (χ1) is 10.3. The number of nitrogens with one attached hydrogen (secondary N) is 1. The van der Waals surface area contributed by atoms with Gasteiger partial charge in [-0.15, -0.1) is 0 Å². The standard InChI is InChI=1S/C15H17Cl2N3O2/c1-9(10-4-5-12(16)13(17)6-10)18-8-11-7-14(21)20(3)15(22)19(11)2/h4-7,9,18H,8H2,1-3H3. The van der Waals surface area contributed by atoms with Crippen molar-refractivity contribution in [2.75, 3.05) is 0 Å². The summed E-state index contributed by atoms with van der Waals surface area (Å²) in [5, 5.41) is 4.27. The van der Waals surface area contributed by atoms with Gasteiger partial charge in [0.05, 0.1) is 10.0 Å². The van der Waals surface area contributed by atoms with E-state index in [2.05, 4.69) is 5.32 Å². The van der Waals surface area contributed by atoms with Crippen LogP contribution in [-0.4, -0.2) is 9.13 Å². The Bertz CT molecular complexity index is 811. The molecule has 0 aliphatic carbocycles. The molecule has 22 heavy (non-hydrogen) atoms. The zero-order valence-electron chi connectivity index (χ0n) is 12.6. The Kier molecular flexibility index (Phi) is 5.11. The maximum absolute atomic E-state index is 11.9. The highest BCUT2D eigenvalue weighted by Gasteiger charge is 2.10. The summed E-state index contributed by atoms with van der Waals surface area (Å²) in [5.74, 6) is 0. The smallest absolute Gasteiger partial charge is 0.305 e. The first-order valence-corrected chi connectivity index (χ1v) is 7.51. The molecule has 0 aliphatic rings. The van der Waals surface area contributed by atoms with Crippen LogP contribution >= 0.6 is 23.2 Å². The fourth-order valence-electron chi connectivity index (χ4n) is 2.11. The molecule has 1 atom stereocenters. The third-order valence-corrected chi connectivity index (χ3v) is 4.40. The lowest BCUT2D eigenvalue weighted by Crippen LogP contribution is -2.39. The lowest BCUT2D eigenvalue weighted by molar-refractivity contribution is 0.540. The van der Waals surface area contributed by atoms with Crippen LogP contribution in [0.2, 0.25) is 10.0 Å². The highest BCUT2D eigenvalue weighted by molar-refractivity contribution is 6.42. The molecular formula is C15H17Cl2N3O2. The summed E-state index contributed by atoms with van der Waals surface area (Å²) in [6.07, 6.45) is 0. The Morgan fingerprint density at radius 1 is 1.09 bits per heavy atom. The van der Waals surface area contributed by atoms with Crippen LogP contribution in [0, 0.1) is 0 Å². The van der Waals surface area contributed by atoms with Crippen molar-refractivity contribution >= 4 is 23.2 Å². The summed E-state index contributed by atoms with van der Waals surface area (Å²) in [5.41, 5.74) is 0.942. The quantitative estimate of drug-likeness (QED) is 0.927. The second-order valence-corrected chi connectivity index (χ2v) is 5.97. The molecule has 0 amide bonds. The third-order valence-electron chi connectivity index (χ3n) is 3.66. The molecule has 1 unspecified atom stereocenters. The van der Waals surface area contributed by atoms with Crippen LogP contribution in [0.25, 0.3) is 0 Å². The molecule has 1 aromatic carbocycles. The van der Waals surface area contributed by atoms with Gasteiger partial charge in [-0.05, 0) is 24.6 Å². The number of halogens is 2. The lowest BCUT2D eigenvalue weighted by Gasteiger charge is -2.16. The van der Waals surface area contributed by atoms with Crippen molar-refractivity contribution in [3.05, 3.63) is 66.4 Å². The minimum Gasteiger partial charge on any atom is -0.305 e. The Labute approximate surface area is 138 Å². The number of hydrogen-bond acceptors (Lipinski definition) is 3. The molecule has 0 spiro atoms. The normalized spacial score (nSPS) is 12.4. The monoisotopic (exact) mass is 341 g/mol. The molecule has 2 rings (SSSR count). The van der Waals surface area contributed by atoms with Gasteiger partial charge in [-0.2, -0.15) is 0 Å². The van der Waals surface area contributed by atoms with Crippen molar-refractivity contribution in [1.82, 2.24) is 14.5 Å². The SMILES string of the molecule is CC(NCc1cc(=O)n(C)c(=O)n1C)c1ccc(Cl)c(Cl)c1. The number of rotatable bonds is 4. The van der Waals surface area contributed by atoms with Gasteiger partial charge in [0.2, 0.25) is 0 Å². The molecule has 2 aromatic rings. The summed E-state index contributed by atoms with van der Waals surface area (Å²) < 4.78 is 2.53. The van der Waals surface area contributed by atoms with Crippen LogP contribution in [0.3, 0.4) is 0 Å². The second kappa shape index (κ2) is 6.69. The van der Waals surface area contributed by atoms with Gasteiger partial charge in [0, 0.05) is 38.4 Å². The van der Waals surface area contributed by atoms with E-state index in [0.717, 1.165) is 10.1 Å². The summed E-state index contributed by atoms with van der Waals surface area (Å²) in [6.45, 7) is 2.36. The number of nitrogens with zero attached hydrogens (tertiary/aromatic N) is 2. The third kappa shape index (κ3) is 3.43. The van der Waals surface area contributed by atoms with E-state index in [4.69, 9.17) is 23.2 Å². The largest absolute Gasteiger partial charge is 0.330 e. The maximum Gasteiger partial charge on any atom is 0.330 e. The van der Waals surface area contributed by atoms with E-state index >= 15 is 0 Å². The summed E-state index contributed by atoms with van der Waals surface area (Å²) in [4.78, 5) is 23.6. The van der Waals surface area contributed by atoms with Gasteiger partial charge >= 0.3 is 5.69 Å². The molecule has 0 fully saturated rings. The van der Waals surface area contributed by atoms with E-state index in [1.165, 1.54) is 17.7 Å². The van der Waals surface area contributed by atoms with Gasteiger partial charge in [-0.3, -0.25) is 13.9 Å². The van der Waals surface area contributed by atoms with E-state index < -0.39 is 0 Å². The second-order valence-electron chi connectivity index (χ2n) is 5.15. The highest BCUT2D eigenvalue weighted by atomic mass is 35.5. The Morgan fingerprint density at radius 3 is 2.41 bits per heavy atom. The Balaban J connectivity index is 2.18. The topological polar surface area (TPSA) is 56.0 Å². The minimum absolute atomic E-state index is 0.00562. The van der Waals surface area contributed by atoms with Gasteiger partial charge in [-0.25, -0.2) is 4.79 Å².